The normalized spacial score (nSPS) is 19.0. The molecule has 0 saturated heterocycles. The molecule has 26 heavy (non-hydrogen) atoms. The first-order valence-corrected chi connectivity index (χ1v) is 9.32. The Morgan fingerprint density at radius 2 is 2.00 bits per heavy atom. The standard InChI is InChI=1S/C20H28N4O2/c1-15-11-16(2)24(23-15)10-6-9-21-18-12-19(13-18)22-20(25)26-14-17-7-4-3-5-8-17/h3-5,7-8,11,18-19,21H,6,9-10,12-14H2,1-2H3,(H,22,25). The number of ether oxygens (including phenoxy) is 1. The van der Waals surface area contributed by atoms with Crippen molar-refractivity contribution in [1.29, 1.82) is 0 Å². The predicted octanol–water partition coefficient (Wildman–Crippen LogP) is 2.94. The number of nitrogens with zero attached hydrogens (tertiary/aromatic N) is 2. The van der Waals surface area contributed by atoms with E-state index in [2.05, 4.69) is 33.4 Å². The summed E-state index contributed by atoms with van der Waals surface area (Å²) in [4.78, 5) is 11.8. The van der Waals surface area contributed by atoms with Gasteiger partial charge in [-0.1, -0.05) is 30.3 Å². The molecule has 2 aromatic rings. The van der Waals surface area contributed by atoms with E-state index in [0.29, 0.717) is 12.6 Å². The van der Waals surface area contributed by atoms with Crippen LogP contribution in [0.1, 0.15) is 36.2 Å². The van der Waals surface area contributed by atoms with E-state index in [1.54, 1.807) is 0 Å². The third-order valence-corrected chi connectivity index (χ3v) is 4.76. The molecule has 1 aliphatic carbocycles. The smallest absolute Gasteiger partial charge is 0.407 e. The molecule has 0 atom stereocenters. The first-order valence-electron chi connectivity index (χ1n) is 9.32. The fraction of sp³-hybridized carbons (Fsp3) is 0.500. The van der Waals surface area contributed by atoms with Gasteiger partial charge >= 0.3 is 6.09 Å². The number of rotatable bonds is 8. The van der Waals surface area contributed by atoms with Gasteiger partial charge in [-0.3, -0.25) is 4.68 Å². The second kappa shape index (κ2) is 8.85. The number of nitrogens with one attached hydrogen (secondary N) is 2. The van der Waals surface area contributed by atoms with Gasteiger partial charge in [-0.2, -0.15) is 5.10 Å². The molecule has 0 bridgehead atoms. The summed E-state index contributed by atoms with van der Waals surface area (Å²) in [6.45, 7) is 6.33. The van der Waals surface area contributed by atoms with Gasteiger partial charge < -0.3 is 15.4 Å². The first-order chi connectivity index (χ1) is 12.6. The number of alkyl carbamates (subject to hydrolysis) is 1. The SMILES string of the molecule is Cc1cc(C)n(CCCNC2CC(NC(=O)OCc3ccccc3)C2)n1. The molecule has 1 heterocycles. The van der Waals surface area contributed by atoms with Crippen LogP contribution in [-0.2, 0) is 17.9 Å². The maximum atomic E-state index is 11.8. The third-order valence-electron chi connectivity index (χ3n) is 4.76. The van der Waals surface area contributed by atoms with Gasteiger partial charge in [-0.15, -0.1) is 0 Å². The monoisotopic (exact) mass is 356 g/mol. The highest BCUT2D eigenvalue weighted by molar-refractivity contribution is 5.67. The van der Waals surface area contributed by atoms with E-state index in [0.717, 1.165) is 43.6 Å². The lowest BCUT2D eigenvalue weighted by atomic mass is 9.87. The van der Waals surface area contributed by atoms with Crippen LogP contribution in [0.3, 0.4) is 0 Å². The molecule has 1 aromatic heterocycles. The van der Waals surface area contributed by atoms with Crippen LogP contribution in [0.25, 0.3) is 0 Å². The van der Waals surface area contributed by atoms with E-state index in [4.69, 9.17) is 4.74 Å². The van der Waals surface area contributed by atoms with Crippen LogP contribution in [0.15, 0.2) is 36.4 Å². The molecule has 0 radical (unpaired) electrons. The van der Waals surface area contributed by atoms with Crippen molar-refractivity contribution in [1.82, 2.24) is 20.4 Å². The summed E-state index contributed by atoms with van der Waals surface area (Å²) >= 11 is 0. The average molecular weight is 356 g/mol. The Hall–Kier alpha value is -2.34. The molecular formula is C20H28N4O2. The van der Waals surface area contributed by atoms with Crippen LogP contribution < -0.4 is 10.6 Å². The quantitative estimate of drug-likeness (QED) is 0.714. The maximum absolute atomic E-state index is 11.8. The van der Waals surface area contributed by atoms with Crippen LogP contribution in [0.5, 0.6) is 0 Å². The number of carbonyl (C=O) groups excluding carboxylic acids is 1. The molecule has 6 heteroatoms. The molecule has 3 rings (SSSR count). The number of benzene rings is 1. The van der Waals surface area contributed by atoms with Crippen LogP contribution in [0, 0.1) is 13.8 Å². The second-order valence-corrected chi connectivity index (χ2v) is 7.03. The van der Waals surface area contributed by atoms with Crippen molar-refractivity contribution in [3.63, 3.8) is 0 Å². The summed E-state index contributed by atoms with van der Waals surface area (Å²) in [5.41, 5.74) is 3.28. The molecule has 0 aliphatic heterocycles. The summed E-state index contributed by atoms with van der Waals surface area (Å²) in [7, 11) is 0. The van der Waals surface area contributed by atoms with Gasteiger partial charge in [0.2, 0.25) is 0 Å². The first kappa shape index (κ1) is 18.5. The number of aryl methyl sites for hydroxylation is 3. The molecule has 0 spiro atoms. The van der Waals surface area contributed by atoms with E-state index >= 15 is 0 Å². The lowest BCUT2D eigenvalue weighted by Crippen LogP contribution is -2.52. The topological polar surface area (TPSA) is 68.2 Å². The van der Waals surface area contributed by atoms with E-state index in [1.165, 1.54) is 5.69 Å². The Morgan fingerprint density at radius 1 is 1.23 bits per heavy atom. The van der Waals surface area contributed by atoms with Gasteiger partial charge in [0, 0.05) is 24.3 Å². The molecule has 2 N–H and O–H groups in total. The van der Waals surface area contributed by atoms with Gasteiger partial charge in [-0.25, -0.2) is 4.79 Å². The minimum Gasteiger partial charge on any atom is -0.445 e. The number of hydrogen-bond acceptors (Lipinski definition) is 4. The maximum Gasteiger partial charge on any atom is 0.407 e. The van der Waals surface area contributed by atoms with Crippen LogP contribution >= 0.6 is 0 Å². The van der Waals surface area contributed by atoms with Crippen molar-refractivity contribution in [2.24, 2.45) is 0 Å². The minimum atomic E-state index is -0.332. The summed E-state index contributed by atoms with van der Waals surface area (Å²) in [6, 6.07) is 12.5. The van der Waals surface area contributed by atoms with E-state index < -0.39 is 0 Å². The number of hydrogen-bond donors (Lipinski definition) is 2. The van der Waals surface area contributed by atoms with Crippen LogP contribution in [-0.4, -0.2) is 34.5 Å². The molecule has 140 valence electrons. The summed E-state index contributed by atoms with van der Waals surface area (Å²) in [5.74, 6) is 0. The van der Waals surface area contributed by atoms with Crippen molar-refractivity contribution in [3.05, 3.63) is 53.3 Å². The van der Waals surface area contributed by atoms with E-state index in [1.807, 2.05) is 37.3 Å². The Bertz CT molecular complexity index is 708. The van der Waals surface area contributed by atoms with Crippen LogP contribution in [0.4, 0.5) is 4.79 Å². The van der Waals surface area contributed by atoms with Crippen molar-refractivity contribution in [2.75, 3.05) is 6.54 Å². The lowest BCUT2D eigenvalue weighted by Gasteiger charge is -2.36. The Labute approximate surface area is 154 Å². The van der Waals surface area contributed by atoms with Gasteiger partial charge in [0.05, 0.1) is 5.69 Å². The fourth-order valence-electron chi connectivity index (χ4n) is 3.27. The van der Waals surface area contributed by atoms with Crippen molar-refractivity contribution >= 4 is 6.09 Å². The van der Waals surface area contributed by atoms with Crippen LogP contribution in [0.2, 0.25) is 0 Å². The van der Waals surface area contributed by atoms with Gasteiger partial charge in [-0.05, 0) is 51.3 Å². The largest absolute Gasteiger partial charge is 0.445 e. The average Bonchev–Trinajstić information content (AvgIpc) is 2.92. The fourth-order valence-corrected chi connectivity index (χ4v) is 3.27. The second-order valence-electron chi connectivity index (χ2n) is 7.03. The Kier molecular flexibility index (Phi) is 6.28. The zero-order valence-corrected chi connectivity index (χ0v) is 15.6. The van der Waals surface area contributed by atoms with Crippen molar-refractivity contribution in [2.45, 2.75) is 58.3 Å². The predicted molar refractivity (Wildman–Crippen MR) is 101 cm³/mol. The van der Waals surface area contributed by atoms with Gasteiger partial charge in [0.25, 0.3) is 0 Å². The molecule has 1 aromatic carbocycles. The van der Waals surface area contributed by atoms with Gasteiger partial charge in [0.1, 0.15) is 6.61 Å². The molecule has 6 nitrogen and oxygen atoms in total. The third kappa shape index (κ3) is 5.33. The highest BCUT2D eigenvalue weighted by Crippen LogP contribution is 2.20. The zero-order chi connectivity index (χ0) is 18.4. The van der Waals surface area contributed by atoms with E-state index in [-0.39, 0.29) is 12.1 Å². The summed E-state index contributed by atoms with van der Waals surface area (Å²) < 4.78 is 7.31. The Morgan fingerprint density at radius 3 is 2.69 bits per heavy atom. The highest BCUT2D eigenvalue weighted by Gasteiger charge is 2.30. The number of aromatic nitrogens is 2. The van der Waals surface area contributed by atoms with Crippen molar-refractivity contribution < 1.29 is 9.53 Å². The summed E-state index contributed by atoms with van der Waals surface area (Å²) in [6.07, 6.45) is 2.64. The highest BCUT2D eigenvalue weighted by atomic mass is 16.5. The lowest BCUT2D eigenvalue weighted by molar-refractivity contribution is 0.125. The number of amides is 1. The molecule has 1 amide bonds. The summed E-state index contributed by atoms with van der Waals surface area (Å²) in [5, 5.41) is 10.9. The molecule has 0 unspecified atom stereocenters. The van der Waals surface area contributed by atoms with E-state index in [9.17, 15) is 4.79 Å². The zero-order valence-electron chi connectivity index (χ0n) is 15.6. The Balaban J connectivity index is 1.24. The number of carbonyl (C=O) groups is 1. The van der Waals surface area contributed by atoms with Crippen molar-refractivity contribution in [3.8, 4) is 0 Å². The molecule has 1 aliphatic rings. The molecule has 1 saturated carbocycles. The molecular weight excluding hydrogens is 328 g/mol. The minimum absolute atomic E-state index is 0.215. The molecule has 1 fully saturated rings. The van der Waals surface area contributed by atoms with Gasteiger partial charge in [0.15, 0.2) is 0 Å².